The van der Waals surface area contributed by atoms with Gasteiger partial charge in [0.25, 0.3) is 11.1 Å². The van der Waals surface area contributed by atoms with Gasteiger partial charge in [0.2, 0.25) is 15.9 Å². The van der Waals surface area contributed by atoms with Crippen molar-refractivity contribution in [3.8, 4) is 0 Å². The molecule has 1 N–H and O–H groups in total. The Bertz CT molecular complexity index is 1250. The quantitative estimate of drug-likeness (QED) is 0.544. The second-order valence-corrected chi connectivity index (χ2v) is 11.4. The first-order valence-electron chi connectivity index (χ1n) is 11.1. The molecule has 0 unspecified atom stereocenters. The Morgan fingerprint density at radius 2 is 1.80 bits per heavy atom. The van der Waals surface area contributed by atoms with Gasteiger partial charge in [-0.15, -0.1) is 0 Å². The molecule has 0 spiro atoms. The van der Waals surface area contributed by atoms with E-state index >= 15 is 0 Å². The lowest BCUT2D eigenvalue weighted by molar-refractivity contribution is -0.127. The third-order valence-electron chi connectivity index (χ3n) is 5.78. The molecular weight excluding hydrogens is 510 g/mol. The van der Waals surface area contributed by atoms with Gasteiger partial charge in [-0.1, -0.05) is 48.4 Å². The first kappa shape index (κ1) is 25.4. The average molecular weight is 534 g/mol. The van der Waals surface area contributed by atoms with Gasteiger partial charge in [-0.3, -0.25) is 19.3 Å². The van der Waals surface area contributed by atoms with E-state index in [0.29, 0.717) is 17.9 Å². The first-order valence-corrected chi connectivity index (χ1v) is 13.8. The molecule has 2 aliphatic rings. The number of amides is 3. The maximum atomic E-state index is 13.1. The van der Waals surface area contributed by atoms with Gasteiger partial charge in [0.1, 0.15) is 6.04 Å². The first-order chi connectivity index (χ1) is 16.8. The van der Waals surface area contributed by atoms with E-state index in [0.717, 1.165) is 28.6 Å². The number of benzene rings is 2. The number of hydrogen-bond acceptors (Lipinski definition) is 6. The summed E-state index contributed by atoms with van der Waals surface area (Å²) in [6.07, 6.45) is 3.43. The number of carbonyl (C=O) groups excluding carboxylic acids is 3. The van der Waals surface area contributed by atoms with Crippen LogP contribution in [0.3, 0.4) is 0 Å². The molecule has 2 aliphatic heterocycles. The SMILES string of the molecule is O=C(NCCN1C(=O)S/C(=C/c2ccc(Cl)cc2)C1=O)[C@H]1CCCCN1S(=O)(=O)c1ccccc1. The van der Waals surface area contributed by atoms with Crippen LogP contribution in [0.25, 0.3) is 6.08 Å². The van der Waals surface area contributed by atoms with Crippen LogP contribution < -0.4 is 5.32 Å². The van der Waals surface area contributed by atoms with E-state index in [-0.39, 0.29) is 29.4 Å². The summed E-state index contributed by atoms with van der Waals surface area (Å²) in [7, 11) is -3.82. The Balaban J connectivity index is 1.37. The monoisotopic (exact) mass is 533 g/mol. The Labute approximate surface area is 213 Å². The summed E-state index contributed by atoms with van der Waals surface area (Å²) in [5.74, 6) is -0.872. The zero-order valence-electron chi connectivity index (χ0n) is 18.7. The van der Waals surface area contributed by atoms with Gasteiger partial charge in [-0.05, 0) is 60.5 Å². The number of piperidine rings is 1. The van der Waals surface area contributed by atoms with Crippen molar-refractivity contribution in [2.24, 2.45) is 0 Å². The molecule has 0 aromatic heterocycles. The molecule has 4 rings (SSSR count). The van der Waals surface area contributed by atoms with Crippen LogP contribution in [0.2, 0.25) is 5.02 Å². The van der Waals surface area contributed by atoms with Crippen molar-refractivity contribution in [1.82, 2.24) is 14.5 Å². The van der Waals surface area contributed by atoms with Gasteiger partial charge >= 0.3 is 0 Å². The molecule has 2 aromatic carbocycles. The smallest absolute Gasteiger partial charge is 0.293 e. The van der Waals surface area contributed by atoms with Crippen LogP contribution in [-0.2, 0) is 19.6 Å². The topological polar surface area (TPSA) is 104 Å². The van der Waals surface area contributed by atoms with Crippen molar-refractivity contribution in [3.05, 3.63) is 70.1 Å². The highest BCUT2D eigenvalue weighted by molar-refractivity contribution is 8.18. The van der Waals surface area contributed by atoms with E-state index in [1.165, 1.54) is 16.4 Å². The molecule has 8 nitrogen and oxygen atoms in total. The van der Waals surface area contributed by atoms with Gasteiger partial charge in [0, 0.05) is 24.7 Å². The second-order valence-electron chi connectivity index (χ2n) is 8.12. The lowest BCUT2D eigenvalue weighted by Crippen LogP contribution is -2.52. The average Bonchev–Trinajstić information content (AvgIpc) is 3.13. The Morgan fingerprint density at radius 3 is 2.51 bits per heavy atom. The summed E-state index contributed by atoms with van der Waals surface area (Å²) in [5, 5.41) is 2.86. The number of halogens is 1. The van der Waals surface area contributed by atoms with Crippen molar-refractivity contribution in [2.45, 2.75) is 30.2 Å². The van der Waals surface area contributed by atoms with Gasteiger partial charge in [-0.25, -0.2) is 8.42 Å². The standard InChI is InChI=1S/C24H24ClN3O5S2/c25-18-11-9-17(10-12-18)16-21-23(30)27(24(31)34-21)15-13-26-22(29)20-8-4-5-14-28(20)35(32,33)19-6-2-1-3-7-19/h1-3,6-7,9-12,16,20H,4-5,8,13-15H2,(H,26,29)/b21-16+/t20-/m1/s1. The molecule has 1 atom stereocenters. The number of imide groups is 1. The third kappa shape index (κ3) is 5.78. The molecule has 35 heavy (non-hydrogen) atoms. The molecule has 0 radical (unpaired) electrons. The Hall–Kier alpha value is -2.66. The van der Waals surface area contributed by atoms with Crippen molar-refractivity contribution in [2.75, 3.05) is 19.6 Å². The predicted molar refractivity (Wildman–Crippen MR) is 135 cm³/mol. The van der Waals surface area contributed by atoms with Crippen molar-refractivity contribution in [1.29, 1.82) is 0 Å². The summed E-state index contributed by atoms with van der Waals surface area (Å²) in [6.45, 7) is 0.279. The van der Waals surface area contributed by atoms with E-state index in [4.69, 9.17) is 11.6 Å². The van der Waals surface area contributed by atoms with Gasteiger partial charge in [-0.2, -0.15) is 4.31 Å². The number of hydrogen-bond donors (Lipinski definition) is 1. The summed E-state index contributed by atoms with van der Waals surface area (Å²) in [6, 6.07) is 14.1. The summed E-state index contributed by atoms with van der Waals surface area (Å²) >= 11 is 6.72. The second kappa shape index (κ2) is 10.9. The number of nitrogens with zero attached hydrogens (tertiary/aromatic N) is 2. The molecule has 2 heterocycles. The number of rotatable bonds is 7. The van der Waals surface area contributed by atoms with E-state index < -0.39 is 33.1 Å². The van der Waals surface area contributed by atoms with Crippen LogP contribution >= 0.6 is 23.4 Å². The minimum absolute atomic E-state index is 0.00742. The number of carbonyl (C=O) groups is 3. The molecule has 0 bridgehead atoms. The highest BCUT2D eigenvalue weighted by Gasteiger charge is 2.38. The molecular formula is C24H24ClN3O5S2. The van der Waals surface area contributed by atoms with Gasteiger partial charge in [0.05, 0.1) is 9.80 Å². The fourth-order valence-electron chi connectivity index (χ4n) is 3.99. The van der Waals surface area contributed by atoms with E-state index in [1.54, 1.807) is 48.5 Å². The van der Waals surface area contributed by atoms with Crippen LogP contribution in [0.15, 0.2) is 64.4 Å². The predicted octanol–water partition coefficient (Wildman–Crippen LogP) is 3.74. The molecule has 0 saturated carbocycles. The van der Waals surface area contributed by atoms with Gasteiger partial charge in [0.15, 0.2) is 0 Å². The summed E-state index contributed by atoms with van der Waals surface area (Å²) in [4.78, 5) is 39.5. The van der Waals surface area contributed by atoms with Crippen LogP contribution in [0.4, 0.5) is 4.79 Å². The van der Waals surface area contributed by atoms with Crippen LogP contribution in [0, 0.1) is 0 Å². The highest BCUT2D eigenvalue weighted by Crippen LogP contribution is 2.32. The molecule has 11 heteroatoms. The lowest BCUT2D eigenvalue weighted by atomic mass is 10.0. The Kier molecular flexibility index (Phi) is 7.95. The zero-order valence-corrected chi connectivity index (χ0v) is 21.1. The largest absolute Gasteiger partial charge is 0.353 e. The number of nitrogens with one attached hydrogen (secondary N) is 1. The maximum absolute atomic E-state index is 13.1. The van der Waals surface area contributed by atoms with Crippen LogP contribution in [0.5, 0.6) is 0 Å². The summed E-state index contributed by atoms with van der Waals surface area (Å²) < 4.78 is 27.5. The minimum atomic E-state index is -3.82. The van der Waals surface area contributed by atoms with Crippen molar-refractivity contribution in [3.63, 3.8) is 0 Å². The van der Waals surface area contributed by atoms with E-state index in [1.807, 2.05) is 0 Å². The van der Waals surface area contributed by atoms with E-state index in [2.05, 4.69) is 5.32 Å². The number of thioether (sulfide) groups is 1. The Morgan fingerprint density at radius 1 is 1.09 bits per heavy atom. The molecule has 2 aromatic rings. The minimum Gasteiger partial charge on any atom is -0.353 e. The van der Waals surface area contributed by atoms with Crippen LogP contribution in [-0.4, -0.2) is 60.4 Å². The third-order valence-corrected chi connectivity index (χ3v) is 8.86. The molecule has 2 saturated heterocycles. The fourth-order valence-corrected chi connectivity index (χ4v) is 6.66. The highest BCUT2D eigenvalue weighted by atomic mass is 35.5. The van der Waals surface area contributed by atoms with Gasteiger partial charge < -0.3 is 5.32 Å². The molecule has 0 aliphatic carbocycles. The molecule has 2 fully saturated rings. The zero-order chi connectivity index (χ0) is 25.0. The fraction of sp³-hybridized carbons (Fsp3) is 0.292. The van der Waals surface area contributed by atoms with Crippen LogP contribution in [0.1, 0.15) is 24.8 Å². The summed E-state index contributed by atoms with van der Waals surface area (Å²) in [5.41, 5.74) is 0.741. The van der Waals surface area contributed by atoms with E-state index in [9.17, 15) is 22.8 Å². The number of sulfonamides is 1. The lowest BCUT2D eigenvalue weighted by Gasteiger charge is -2.33. The normalized spacial score (nSPS) is 20.4. The van der Waals surface area contributed by atoms with Crippen molar-refractivity contribution < 1.29 is 22.8 Å². The molecule has 3 amide bonds. The van der Waals surface area contributed by atoms with Crippen molar-refractivity contribution >= 4 is 56.5 Å². The molecule has 184 valence electrons. The maximum Gasteiger partial charge on any atom is 0.293 e.